The highest BCUT2D eigenvalue weighted by molar-refractivity contribution is 5.78. The maximum atomic E-state index is 5.37. The fourth-order valence-corrected chi connectivity index (χ4v) is 2.19. The van der Waals surface area contributed by atoms with Crippen LogP contribution in [0.15, 0.2) is 35.5 Å². The van der Waals surface area contributed by atoms with E-state index in [1.807, 2.05) is 30.3 Å². The van der Waals surface area contributed by atoms with Crippen molar-refractivity contribution in [3.63, 3.8) is 0 Å². The molecular formula is C14H20N2O. The van der Waals surface area contributed by atoms with E-state index >= 15 is 0 Å². The van der Waals surface area contributed by atoms with Crippen LogP contribution >= 0.6 is 0 Å². The summed E-state index contributed by atoms with van der Waals surface area (Å²) in [6, 6.07) is 10.0. The van der Waals surface area contributed by atoms with Crippen molar-refractivity contribution in [3.05, 3.63) is 35.9 Å². The van der Waals surface area contributed by atoms with Gasteiger partial charge in [-0.25, -0.2) is 0 Å². The largest absolute Gasteiger partial charge is 0.395 e. The molecule has 1 aromatic rings. The highest BCUT2D eigenvalue weighted by Gasteiger charge is 2.17. The van der Waals surface area contributed by atoms with Crippen LogP contribution in [0.2, 0.25) is 0 Å². The van der Waals surface area contributed by atoms with Crippen molar-refractivity contribution in [2.45, 2.75) is 12.8 Å². The van der Waals surface area contributed by atoms with Gasteiger partial charge in [0.05, 0.1) is 6.21 Å². The summed E-state index contributed by atoms with van der Waals surface area (Å²) in [5.74, 6) is 0.627. The lowest BCUT2D eigenvalue weighted by Crippen LogP contribution is -2.33. The lowest BCUT2D eigenvalue weighted by atomic mass is 10.00. The third kappa shape index (κ3) is 4.19. The first-order valence-electron chi connectivity index (χ1n) is 6.23. The summed E-state index contributed by atoms with van der Waals surface area (Å²) < 4.78 is 0. The molecule has 92 valence electrons. The van der Waals surface area contributed by atoms with Crippen LogP contribution in [0.4, 0.5) is 0 Å². The SMILES string of the molecule is CN1CCCC(CO/N=C/c2ccccc2)C1. The zero-order valence-corrected chi connectivity index (χ0v) is 10.4. The molecule has 0 bridgehead atoms. The number of likely N-dealkylation sites (tertiary alicyclic amines) is 1. The topological polar surface area (TPSA) is 24.8 Å². The van der Waals surface area contributed by atoms with Gasteiger partial charge in [-0.15, -0.1) is 0 Å². The molecule has 1 fully saturated rings. The Balaban J connectivity index is 1.70. The Labute approximate surface area is 103 Å². The van der Waals surface area contributed by atoms with Crippen molar-refractivity contribution in [1.29, 1.82) is 0 Å². The van der Waals surface area contributed by atoms with Crippen LogP contribution in [-0.2, 0) is 4.84 Å². The molecule has 1 aliphatic heterocycles. The molecule has 1 saturated heterocycles. The predicted molar refractivity (Wildman–Crippen MR) is 70.2 cm³/mol. The summed E-state index contributed by atoms with van der Waals surface area (Å²) in [6.07, 6.45) is 4.30. The molecule has 0 saturated carbocycles. The Hall–Kier alpha value is -1.35. The minimum Gasteiger partial charge on any atom is -0.395 e. The van der Waals surface area contributed by atoms with Crippen LogP contribution in [0.1, 0.15) is 18.4 Å². The fourth-order valence-electron chi connectivity index (χ4n) is 2.19. The Morgan fingerprint density at radius 2 is 2.24 bits per heavy atom. The first-order valence-corrected chi connectivity index (χ1v) is 6.23. The number of rotatable bonds is 4. The lowest BCUT2D eigenvalue weighted by molar-refractivity contribution is 0.0731. The van der Waals surface area contributed by atoms with E-state index in [1.54, 1.807) is 6.21 Å². The lowest BCUT2D eigenvalue weighted by Gasteiger charge is -2.28. The van der Waals surface area contributed by atoms with Gasteiger partial charge in [0.1, 0.15) is 6.61 Å². The maximum absolute atomic E-state index is 5.37. The van der Waals surface area contributed by atoms with Gasteiger partial charge in [0.25, 0.3) is 0 Å². The van der Waals surface area contributed by atoms with Gasteiger partial charge >= 0.3 is 0 Å². The van der Waals surface area contributed by atoms with Gasteiger partial charge in [-0.2, -0.15) is 0 Å². The minimum atomic E-state index is 0.627. The number of benzene rings is 1. The predicted octanol–water partition coefficient (Wildman–Crippen LogP) is 2.38. The molecule has 3 nitrogen and oxygen atoms in total. The second-order valence-corrected chi connectivity index (χ2v) is 4.71. The molecular weight excluding hydrogens is 212 g/mol. The smallest absolute Gasteiger partial charge is 0.121 e. The summed E-state index contributed by atoms with van der Waals surface area (Å²) in [5, 5.41) is 4.02. The Kier molecular flexibility index (Phi) is 4.56. The van der Waals surface area contributed by atoms with Gasteiger partial charge in [0, 0.05) is 12.5 Å². The molecule has 1 unspecified atom stereocenters. The average molecular weight is 232 g/mol. The van der Waals surface area contributed by atoms with Crippen LogP contribution in [0.25, 0.3) is 0 Å². The van der Waals surface area contributed by atoms with E-state index in [0.717, 1.165) is 18.7 Å². The van der Waals surface area contributed by atoms with Crippen LogP contribution in [0, 0.1) is 5.92 Å². The number of hydrogen-bond donors (Lipinski definition) is 0. The zero-order chi connectivity index (χ0) is 11.9. The van der Waals surface area contributed by atoms with Gasteiger partial charge in [-0.05, 0) is 32.0 Å². The molecule has 0 aromatic heterocycles. The average Bonchev–Trinajstić information content (AvgIpc) is 2.36. The van der Waals surface area contributed by atoms with Gasteiger partial charge in [0.15, 0.2) is 0 Å². The Morgan fingerprint density at radius 3 is 3.00 bits per heavy atom. The Bertz CT molecular complexity index is 350. The number of hydrogen-bond acceptors (Lipinski definition) is 3. The van der Waals surface area contributed by atoms with Crippen molar-refractivity contribution in [1.82, 2.24) is 4.90 Å². The molecule has 1 heterocycles. The second kappa shape index (κ2) is 6.40. The summed E-state index contributed by atoms with van der Waals surface area (Å²) in [7, 11) is 2.17. The van der Waals surface area contributed by atoms with Crippen molar-refractivity contribution in [2.75, 3.05) is 26.7 Å². The molecule has 3 heteroatoms. The monoisotopic (exact) mass is 232 g/mol. The van der Waals surface area contributed by atoms with Gasteiger partial charge < -0.3 is 9.74 Å². The van der Waals surface area contributed by atoms with Crippen LogP contribution in [-0.4, -0.2) is 37.9 Å². The van der Waals surface area contributed by atoms with Crippen LogP contribution in [0.3, 0.4) is 0 Å². The zero-order valence-electron chi connectivity index (χ0n) is 10.4. The first kappa shape index (κ1) is 12.1. The van der Waals surface area contributed by atoms with Gasteiger partial charge in [-0.1, -0.05) is 35.5 Å². The highest BCUT2D eigenvalue weighted by Crippen LogP contribution is 2.15. The summed E-state index contributed by atoms with van der Waals surface area (Å²) in [4.78, 5) is 7.73. The maximum Gasteiger partial charge on any atom is 0.121 e. The normalized spacial score (nSPS) is 21.8. The van der Waals surface area contributed by atoms with E-state index in [1.165, 1.54) is 19.4 Å². The standard InChI is InChI=1S/C14H20N2O/c1-16-9-5-8-14(11-16)12-17-15-10-13-6-3-2-4-7-13/h2-4,6-7,10,14H,5,8-9,11-12H2,1H3/b15-10+. The van der Waals surface area contributed by atoms with E-state index < -0.39 is 0 Å². The molecule has 0 spiro atoms. The molecule has 1 aromatic carbocycles. The summed E-state index contributed by atoms with van der Waals surface area (Å²) in [5.41, 5.74) is 1.08. The van der Waals surface area contributed by atoms with Crippen molar-refractivity contribution in [2.24, 2.45) is 11.1 Å². The van der Waals surface area contributed by atoms with Crippen molar-refractivity contribution in [3.8, 4) is 0 Å². The molecule has 2 rings (SSSR count). The number of piperidine rings is 1. The van der Waals surface area contributed by atoms with E-state index in [-0.39, 0.29) is 0 Å². The third-order valence-electron chi connectivity index (χ3n) is 3.11. The molecule has 0 aliphatic carbocycles. The number of oxime groups is 1. The first-order chi connectivity index (χ1) is 8.34. The number of nitrogens with zero attached hydrogens (tertiary/aromatic N) is 2. The van der Waals surface area contributed by atoms with Gasteiger partial charge in [-0.3, -0.25) is 0 Å². The van der Waals surface area contributed by atoms with Crippen molar-refractivity contribution >= 4 is 6.21 Å². The summed E-state index contributed by atoms with van der Waals surface area (Å²) in [6.45, 7) is 3.07. The van der Waals surface area contributed by atoms with Crippen LogP contribution < -0.4 is 0 Å². The van der Waals surface area contributed by atoms with E-state index in [4.69, 9.17) is 4.84 Å². The summed E-state index contributed by atoms with van der Waals surface area (Å²) >= 11 is 0. The van der Waals surface area contributed by atoms with Gasteiger partial charge in [0.2, 0.25) is 0 Å². The van der Waals surface area contributed by atoms with Crippen LogP contribution in [0.5, 0.6) is 0 Å². The van der Waals surface area contributed by atoms with E-state index in [9.17, 15) is 0 Å². The minimum absolute atomic E-state index is 0.627. The highest BCUT2D eigenvalue weighted by atomic mass is 16.6. The fraction of sp³-hybridized carbons (Fsp3) is 0.500. The Morgan fingerprint density at radius 1 is 1.41 bits per heavy atom. The van der Waals surface area contributed by atoms with Crippen molar-refractivity contribution < 1.29 is 4.84 Å². The quantitative estimate of drug-likeness (QED) is 0.588. The second-order valence-electron chi connectivity index (χ2n) is 4.71. The van der Waals surface area contributed by atoms with E-state index in [0.29, 0.717) is 5.92 Å². The molecule has 0 amide bonds. The van der Waals surface area contributed by atoms with E-state index in [2.05, 4.69) is 17.1 Å². The molecule has 1 aliphatic rings. The third-order valence-corrected chi connectivity index (χ3v) is 3.11. The molecule has 0 radical (unpaired) electrons. The molecule has 0 N–H and O–H groups in total. The molecule has 1 atom stereocenters. The molecule has 17 heavy (non-hydrogen) atoms.